The van der Waals surface area contributed by atoms with Crippen molar-refractivity contribution in [2.45, 2.75) is 31.6 Å². The van der Waals surface area contributed by atoms with Crippen LogP contribution in [0.1, 0.15) is 35.7 Å². The highest BCUT2D eigenvalue weighted by Gasteiger charge is 2.34. The summed E-state index contributed by atoms with van der Waals surface area (Å²) in [5, 5.41) is 3.70. The molecule has 0 radical (unpaired) electrons. The number of benzene rings is 2. The van der Waals surface area contributed by atoms with Gasteiger partial charge in [0.2, 0.25) is 5.78 Å². The molecule has 30 heavy (non-hydrogen) atoms. The number of oxime groups is 1. The molecule has 1 heterocycles. The molecule has 3 rings (SSSR count). The van der Waals surface area contributed by atoms with Gasteiger partial charge in [-0.3, -0.25) is 9.10 Å². The lowest BCUT2D eigenvalue weighted by Gasteiger charge is -2.24. The lowest BCUT2D eigenvalue weighted by molar-refractivity contribution is -0.143. The molecule has 0 N–H and O–H groups in total. The first kappa shape index (κ1) is 21.5. The van der Waals surface area contributed by atoms with Gasteiger partial charge in [-0.2, -0.15) is 0 Å². The van der Waals surface area contributed by atoms with Gasteiger partial charge < -0.3 is 9.57 Å². The molecule has 9 heteroatoms. The second kappa shape index (κ2) is 8.66. The summed E-state index contributed by atoms with van der Waals surface area (Å²) < 4.78 is 33.2. The number of hydrogen-bond donors (Lipinski definition) is 0. The zero-order chi connectivity index (χ0) is 21.9. The molecule has 8 nitrogen and oxygen atoms in total. The Labute approximate surface area is 175 Å². The van der Waals surface area contributed by atoms with E-state index in [1.165, 1.54) is 31.4 Å². The number of hydrogen-bond acceptors (Lipinski definition) is 7. The van der Waals surface area contributed by atoms with Crippen molar-refractivity contribution >= 4 is 33.2 Å². The van der Waals surface area contributed by atoms with Gasteiger partial charge in [0, 0.05) is 31.0 Å². The van der Waals surface area contributed by atoms with Crippen molar-refractivity contribution < 1.29 is 27.6 Å². The van der Waals surface area contributed by atoms with E-state index in [0.717, 1.165) is 9.87 Å². The second-order valence-electron chi connectivity index (χ2n) is 6.71. The van der Waals surface area contributed by atoms with Gasteiger partial charge in [0.1, 0.15) is 11.5 Å². The summed E-state index contributed by atoms with van der Waals surface area (Å²) in [5.74, 6) is -0.680. The molecule has 0 aromatic heterocycles. The van der Waals surface area contributed by atoms with Crippen LogP contribution in [0.25, 0.3) is 0 Å². The van der Waals surface area contributed by atoms with Crippen LogP contribution >= 0.6 is 0 Å². The Hall–Kier alpha value is -3.20. The van der Waals surface area contributed by atoms with E-state index in [0.29, 0.717) is 5.75 Å². The highest BCUT2D eigenvalue weighted by atomic mass is 32.2. The van der Waals surface area contributed by atoms with E-state index in [1.807, 2.05) is 6.92 Å². The fourth-order valence-corrected chi connectivity index (χ4v) is 4.45. The summed E-state index contributed by atoms with van der Waals surface area (Å²) >= 11 is 0. The minimum Gasteiger partial charge on any atom is -0.497 e. The average molecular weight is 430 g/mol. The SMILES string of the molecule is CCC(=O)O/N=C1\CCN(S(=O)(=O)c2ccc(C)cc2)c2cc(OC)ccc2C1=O. The summed E-state index contributed by atoms with van der Waals surface area (Å²) in [4.78, 5) is 29.3. The van der Waals surface area contributed by atoms with Crippen LogP contribution in [0.15, 0.2) is 52.5 Å². The molecule has 158 valence electrons. The fourth-order valence-electron chi connectivity index (χ4n) is 2.98. The molecular weight excluding hydrogens is 408 g/mol. The molecule has 0 aliphatic carbocycles. The van der Waals surface area contributed by atoms with Crippen LogP contribution in [-0.2, 0) is 19.7 Å². The topological polar surface area (TPSA) is 102 Å². The highest BCUT2D eigenvalue weighted by molar-refractivity contribution is 7.92. The third kappa shape index (κ3) is 4.20. The van der Waals surface area contributed by atoms with Crippen molar-refractivity contribution in [3.05, 3.63) is 53.6 Å². The molecule has 0 unspecified atom stereocenters. The standard InChI is InChI=1S/C21H22N2O6S/c1-4-20(24)29-22-18-11-12-23(30(26,27)16-8-5-14(2)6-9-16)19-13-15(28-3)7-10-17(19)21(18)25/h5-10,13H,4,11-12H2,1-3H3/b22-18+. The van der Waals surface area contributed by atoms with Crippen molar-refractivity contribution in [2.24, 2.45) is 5.16 Å². The maximum atomic E-state index is 13.4. The molecule has 2 aromatic carbocycles. The van der Waals surface area contributed by atoms with Crippen LogP contribution in [0, 0.1) is 6.92 Å². The van der Waals surface area contributed by atoms with Gasteiger partial charge in [-0.15, -0.1) is 0 Å². The number of Topliss-reactive ketones (excluding diaryl/α,β-unsaturated/α-hetero) is 1. The Morgan fingerprint density at radius 2 is 1.87 bits per heavy atom. The fraction of sp³-hybridized carbons (Fsp3) is 0.286. The maximum Gasteiger partial charge on any atom is 0.334 e. The minimum atomic E-state index is -3.96. The summed E-state index contributed by atoms with van der Waals surface area (Å²) in [6, 6.07) is 11.0. The van der Waals surface area contributed by atoms with Crippen LogP contribution in [-0.4, -0.2) is 39.5 Å². The van der Waals surface area contributed by atoms with Crippen molar-refractivity contribution in [1.29, 1.82) is 0 Å². The molecule has 1 aliphatic heterocycles. The Bertz CT molecular complexity index is 1110. The second-order valence-corrected chi connectivity index (χ2v) is 8.57. The van der Waals surface area contributed by atoms with Gasteiger partial charge >= 0.3 is 5.97 Å². The first-order chi connectivity index (χ1) is 14.3. The normalized spacial score (nSPS) is 15.5. The molecule has 0 bridgehead atoms. The summed E-state index contributed by atoms with van der Waals surface area (Å²) in [6.07, 6.45) is 0.0879. The number of anilines is 1. The molecule has 0 saturated carbocycles. The number of methoxy groups -OCH3 is 1. The number of rotatable bonds is 5. The molecule has 0 fully saturated rings. The van der Waals surface area contributed by atoms with Crippen molar-refractivity contribution in [2.75, 3.05) is 18.0 Å². The van der Waals surface area contributed by atoms with E-state index in [4.69, 9.17) is 9.57 Å². The van der Waals surface area contributed by atoms with Gasteiger partial charge in [-0.25, -0.2) is 13.2 Å². The van der Waals surface area contributed by atoms with Crippen LogP contribution in [0.2, 0.25) is 0 Å². The number of ether oxygens (including phenoxy) is 1. The Morgan fingerprint density at radius 3 is 2.50 bits per heavy atom. The zero-order valence-electron chi connectivity index (χ0n) is 16.9. The van der Waals surface area contributed by atoms with Crippen molar-refractivity contribution in [1.82, 2.24) is 0 Å². The number of ketones is 1. The molecule has 0 amide bonds. The third-order valence-corrected chi connectivity index (χ3v) is 6.51. The predicted molar refractivity (Wildman–Crippen MR) is 111 cm³/mol. The number of sulfonamides is 1. The largest absolute Gasteiger partial charge is 0.497 e. The minimum absolute atomic E-state index is 0.0160. The first-order valence-corrected chi connectivity index (χ1v) is 10.8. The predicted octanol–water partition coefficient (Wildman–Crippen LogP) is 3.09. The van der Waals surface area contributed by atoms with E-state index >= 15 is 0 Å². The number of fused-ring (bicyclic) bond motifs is 1. The zero-order valence-corrected chi connectivity index (χ0v) is 17.7. The van der Waals surface area contributed by atoms with Gasteiger partial charge in [-0.05, 0) is 31.2 Å². The summed E-state index contributed by atoms with van der Waals surface area (Å²) in [5.41, 5.74) is 1.22. The van der Waals surface area contributed by atoms with E-state index < -0.39 is 21.8 Å². The maximum absolute atomic E-state index is 13.4. The Balaban J connectivity index is 2.12. The van der Waals surface area contributed by atoms with Gasteiger partial charge in [0.25, 0.3) is 10.0 Å². The monoisotopic (exact) mass is 430 g/mol. The van der Waals surface area contributed by atoms with Crippen molar-refractivity contribution in [3.8, 4) is 5.75 Å². The number of nitrogens with zero attached hydrogens (tertiary/aromatic N) is 2. The van der Waals surface area contributed by atoms with Crippen LogP contribution in [0.3, 0.4) is 0 Å². The lowest BCUT2D eigenvalue weighted by atomic mass is 10.0. The number of carbonyl (C=O) groups is 2. The van der Waals surface area contributed by atoms with E-state index in [1.54, 1.807) is 25.1 Å². The average Bonchev–Trinajstić information content (AvgIpc) is 2.88. The smallest absolute Gasteiger partial charge is 0.334 e. The van der Waals surface area contributed by atoms with Crippen LogP contribution in [0.4, 0.5) is 5.69 Å². The Morgan fingerprint density at radius 1 is 1.17 bits per heavy atom. The van der Waals surface area contributed by atoms with Crippen molar-refractivity contribution in [3.63, 3.8) is 0 Å². The molecular formula is C21H22N2O6S. The molecule has 0 saturated heterocycles. The number of carbonyl (C=O) groups excluding carboxylic acids is 2. The van der Waals surface area contributed by atoms with Crippen LogP contribution < -0.4 is 9.04 Å². The Kier molecular flexibility index (Phi) is 6.21. The van der Waals surface area contributed by atoms with E-state index in [-0.39, 0.29) is 41.2 Å². The quantitative estimate of drug-likeness (QED) is 0.534. The molecule has 2 aromatic rings. The first-order valence-electron chi connectivity index (χ1n) is 9.36. The highest BCUT2D eigenvalue weighted by Crippen LogP contribution is 2.33. The summed E-state index contributed by atoms with van der Waals surface area (Å²) in [6.45, 7) is 3.42. The molecule has 0 spiro atoms. The van der Waals surface area contributed by atoms with Crippen LogP contribution in [0.5, 0.6) is 5.75 Å². The molecule has 1 aliphatic rings. The van der Waals surface area contributed by atoms with E-state index in [2.05, 4.69) is 5.16 Å². The van der Waals surface area contributed by atoms with Gasteiger partial charge in [-0.1, -0.05) is 29.8 Å². The third-order valence-electron chi connectivity index (χ3n) is 4.69. The number of aryl methyl sites for hydroxylation is 1. The summed E-state index contributed by atoms with van der Waals surface area (Å²) in [7, 11) is -2.51. The van der Waals surface area contributed by atoms with Gasteiger partial charge in [0.05, 0.1) is 17.7 Å². The van der Waals surface area contributed by atoms with E-state index in [9.17, 15) is 18.0 Å². The van der Waals surface area contributed by atoms with Gasteiger partial charge in [0.15, 0.2) is 0 Å². The lowest BCUT2D eigenvalue weighted by Crippen LogP contribution is -2.32. The molecule has 0 atom stereocenters.